The summed E-state index contributed by atoms with van der Waals surface area (Å²) in [7, 11) is 0. The Balaban J connectivity index is 2.92. The summed E-state index contributed by atoms with van der Waals surface area (Å²) in [6.07, 6.45) is 0.596. The summed E-state index contributed by atoms with van der Waals surface area (Å²) in [4.78, 5) is 10.8. The van der Waals surface area contributed by atoms with Crippen LogP contribution in [-0.4, -0.2) is 11.1 Å². The molecule has 0 aliphatic carbocycles. The molecule has 1 atom stereocenters. The van der Waals surface area contributed by atoms with E-state index in [4.69, 9.17) is 10.8 Å². The van der Waals surface area contributed by atoms with Crippen LogP contribution in [0.3, 0.4) is 0 Å². The Hall–Kier alpha value is -1.51. The first-order valence-corrected chi connectivity index (χ1v) is 4.23. The van der Waals surface area contributed by atoms with Gasteiger partial charge < -0.3 is 10.8 Å². The van der Waals surface area contributed by atoms with Crippen molar-refractivity contribution in [1.29, 1.82) is 0 Å². The molecular formula is C10H13NO2. The summed E-state index contributed by atoms with van der Waals surface area (Å²) in [5.41, 5.74) is 6.96. The molecule has 1 aromatic carbocycles. The second-order valence-corrected chi connectivity index (χ2v) is 2.97. The Kier molecular flexibility index (Phi) is 2.90. The summed E-state index contributed by atoms with van der Waals surface area (Å²) in [6.45, 7) is 1.86. The molecule has 0 radical (unpaired) electrons. The number of rotatable bonds is 3. The smallest absolute Gasteiger partial charge is 0.310 e. The summed E-state index contributed by atoms with van der Waals surface area (Å²) in [6, 6.07) is 6.97. The average Bonchev–Trinajstić information content (AvgIpc) is 2.09. The van der Waals surface area contributed by atoms with E-state index in [0.717, 1.165) is 5.56 Å². The van der Waals surface area contributed by atoms with Crippen molar-refractivity contribution < 1.29 is 9.90 Å². The number of hydrogen-bond acceptors (Lipinski definition) is 2. The zero-order valence-corrected chi connectivity index (χ0v) is 7.53. The summed E-state index contributed by atoms with van der Waals surface area (Å²) < 4.78 is 0. The van der Waals surface area contributed by atoms with Crippen LogP contribution >= 0.6 is 0 Å². The molecule has 0 unspecified atom stereocenters. The number of benzene rings is 1. The van der Waals surface area contributed by atoms with Crippen LogP contribution in [0.2, 0.25) is 0 Å². The molecule has 0 spiro atoms. The van der Waals surface area contributed by atoms with Gasteiger partial charge in [0.1, 0.15) is 0 Å². The second kappa shape index (κ2) is 3.94. The van der Waals surface area contributed by atoms with Crippen LogP contribution < -0.4 is 5.73 Å². The first kappa shape index (κ1) is 9.58. The fourth-order valence-electron chi connectivity index (χ4n) is 1.28. The van der Waals surface area contributed by atoms with E-state index in [2.05, 4.69) is 0 Å². The maximum absolute atomic E-state index is 10.8. The average molecular weight is 179 g/mol. The van der Waals surface area contributed by atoms with E-state index in [0.29, 0.717) is 12.1 Å². The maximum Gasteiger partial charge on any atom is 0.310 e. The number of carboxylic acids is 1. The molecule has 3 N–H and O–H groups in total. The highest BCUT2D eigenvalue weighted by molar-refractivity contribution is 5.76. The lowest BCUT2D eigenvalue weighted by molar-refractivity contribution is -0.138. The van der Waals surface area contributed by atoms with Crippen LogP contribution in [0.15, 0.2) is 24.3 Å². The molecule has 0 bridgehead atoms. The zero-order valence-electron chi connectivity index (χ0n) is 7.53. The van der Waals surface area contributed by atoms with Gasteiger partial charge in [0.25, 0.3) is 0 Å². The number of anilines is 1. The van der Waals surface area contributed by atoms with Gasteiger partial charge in [0.05, 0.1) is 5.92 Å². The minimum atomic E-state index is -0.785. The van der Waals surface area contributed by atoms with Crippen molar-refractivity contribution in [3.05, 3.63) is 29.8 Å². The molecule has 3 nitrogen and oxygen atoms in total. The van der Waals surface area contributed by atoms with Gasteiger partial charge in [-0.1, -0.05) is 19.1 Å². The third-order valence-electron chi connectivity index (χ3n) is 2.05. The molecule has 0 aliphatic rings. The predicted molar refractivity (Wildman–Crippen MR) is 51.5 cm³/mol. The van der Waals surface area contributed by atoms with E-state index >= 15 is 0 Å². The van der Waals surface area contributed by atoms with Crippen molar-refractivity contribution in [3.8, 4) is 0 Å². The molecular weight excluding hydrogens is 166 g/mol. The Bertz CT molecular complexity index is 292. The van der Waals surface area contributed by atoms with Gasteiger partial charge >= 0.3 is 5.97 Å². The van der Waals surface area contributed by atoms with Crippen LogP contribution in [0.4, 0.5) is 5.69 Å². The van der Waals surface area contributed by atoms with Crippen molar-refractivity contribution in [2.45, 2.75) is 19.3 Å². The van der Waals surface area contributed by atoms with Crippen LogP contribution in [-0.2, 0) is 4.79 Å². The monoisotopic (exact) mass is 179 g/mol. The Morgan fingerprint density at radius 2 is 2.00 bits per heavy atom. The highest BCUT2D eigenvalue weighted by atomic mass is 16.4. The Morgan fingerprint density at radius 1 is 1.46 bits per heavy atom. The Labute approximate surface area is 77.2 Å². The van der Waals surface area contributed by atoms with Gasteiger partial charge in [-0.05, 0) is 24.1 Å². The lowest BCUT2D eigenvalue weighted by atomic mass is 9.97. The normalized spacial score (nSPS) is 12.4. The molecule has 0 aliphatic heterocycles. The molecule has 3 heteroatoms. The third kappa shape index (κ3) is 2.21. The first-order valence-electron chi connectivity index (χ1n) is 4.23. The van der Waals surface area contributed by atoms with E-state index in [1.807, 2.05) is 6.92 Å². The van der Waals surface area contributed by atoms with Gasteiger partial charge in [-0.15, -0.1) is 0 Å². The molecule has 0 heterocycles. The quantitative estimate of drug-likeness (QED) is 0.696. The highest BCUT2D eigenvalue weighted by Gasteiger charge is 2.16. The van der Waals surface area contributed by atoms with E-state index in [1.165, 1.54) is 0 Å². The Morgan fingerprint density at radius 3 is 2.38 bits per heavy atom. The minimum absolute atomic E-state index is 0.416. The van der Waals surface area contributed by atoms with Crippen molar-refractivity contribution >= 4 is 11.7 Å². The van der Waals surface area contributed by atoms with Crippen molar-refractivity contribution in [1.82, 2.24) is 0 Å². The van der Waals surface area contributed by atoms with Gasteiger partial charge in [0, 0.05) is 5.69 Å². The lowest BCUT2D eigenvalue weighted by Crippen LogP contribution is -2.10. The molecule has 1 rings (SSSR count). The number of nitrogens with two attached hydrogens (primary N) is 1. The van der Waals surface area contributed by atoms with Gasteiger partial charge in [0.15, 0.2) is 0 Å². The zero-order chi connectivity index (χ0) is 9.84. The fourth-order valence-corrected chi connectivity index (χ4v) is 1.28. The molecule has 13 heavy (non-hydrogen) atoms. The van der Waals surface area contributed by atoms with E-state index in [9.17, 15) is 4.79 Å². The maximum atomic E-state index is 10.8. The van der Waals surface area contributed by atoms with Crippen LogP contribution in [0, 0.1) is 0 Å². The van der Waals surface area contributed by atoms with Crippen molar-refractivity contribution in [2.24, 2.45) is 0 Å². The number of hydrogen-bond donors (Lipinski definition) is 2. The SMILES string of the molecule is CC[C@@H](C(=O)O)c1ccc(N)cc1. The predicted octanol–water partition coefficient (Wildman–Crippen LogP) is 1.85. The molecule has 0 saturated carbocycles. The van der Waals surface area contributed by atoms with E-state index < -0.39 is 11.9 Å². The van der Waals surface area contributed by atoms with Crippen molar-refractivity contribution in [2.75, 3.05) is 5.73 Å². The topological polar surface area (TPSA) is 63.3 Å². The molecule has 70 valence electrons. The molecule has 0 saturated heterocycles. The largest absolute Gasteiger partial charge is 0.481 e. The standard InChI is InChI=1S/C10H13NO2/c1-2-9(10(12)13)7-3-5-8(11)6-4-7/h3-6,9H,2,11H2,1H3,(H,12,13)/t9-/m1/s1. The summed E-state index contributed by atoms with van der Waals surface area (Å²) in [5, 5.41) is 8.86. The van der Waals surface area contributed by atoms with Gasteiger partial charge in [0.2, 0.25) is 0 Å². The van der Waals surface area contributed by atoms with Crippen LogP contribution in [0.5, 0.6) is 0 Å². The number of carbonyl (C=O) groups is 1. The van der Waals surface area contributed by atoms with Gasteiger partial charge in [-0.2, -0.15) is 0 Å². The summed E-state index contributed by atoms with van der Waals surface area (Å²) >= 11 is 0. The number of nitrogen functional groups attached to an aromatic ring is 1. The molecule has 0 amide bonds. The van der Waals surface area contributed by atoms with Crippen LogP contribution in [0.25, 0.3) is 0 Å². The molecule has 0 fully saturated rings. The minimum Gasteiger partial charge on any atom is -0.481 e. The third-order valence-corrected chi connectivity index (χ3v) is 2.05. The lowest BCUT2D eigenvalue weighted by Gasteiger charge is -2.09. The molecule has 0 aromatic heterocycles. The number of carboxylic acid groups (broad SMARTS) is 1. The molecule has 1 aromatic rings. The summed E-state index contributed by atoms with van der Waals surface area (Å²) in [5.74, 6) is -1.20. The van der Waals surface area contributed by atoms with E-state index in [-0.39, 0.29) is 0 Å². The van der Waals surface area contributed by atoms with Crippen molar-refractivity contribution in [3.63, 3.8) is 0 Å². The van der Waals surface area contributed by atoms with Gasteiger partial charge in [-0.3, -0.25) is 4.79 Å². The fraction of sp³-hybridized carbons (Fsp3) is 0.300. The van der Waals surface area contributed by atoms with Crippen LogP contribution in [0.1, 0.15) is 24.8 Å². The highest BCUT2D eigenvalue weighted by Crippen LogP contribution is 2.20. The first-order chi connectivity index (χ1) is 6.15. The number of aliphatic carboxylic acids is 1. The van der Waals surface area contributed by atoms with Gasteiger partial charge in [-0.25, -0.2) is 0 Å². The van der Waals surface area contributed by atoms with E-state index in [1.54, 1.807) is 24.3 Å². The second-order valence-electron chi connectivity index (χ2n) is 2.97.